The third kappa shape index (κ3) is 3.01. The van der Waals surface area contributed by atoms with Gasteiger partial charge in [0, 0.05) is 38.6 Å². The summed E-state index contributed by atoms with van der Waals surface area (Å²) in [4.78, 5) is 2.37. The number of piperazine rings is 1. The van der Waals surface area contributed by atoms with Gasteiger partial charge in [0.25, 0.3) is 0 Å². The van der Waals surface area contributed by atoms with Gasteiger partial charge in [0.1, 0.15) is 17.5 Å². The number of nitrogens with one attached hydrogen (secondary N) is 1. The normalized spacial score (nSPS) is 22.4. The fourth-order valence-electron chi connectivity index (χ4n) is 3.37. The van der Waals surface area contributed by atoms with Crippen LogP contribution in [0.4, 0.5) is 4.39 Å². The maximum atomic E-state index is 13.6. The van der Waals surface area contributed by atoms with Gasteiger partial charge in [-0.2, -0.15) is 0 Å². The molecule has 1 unspecified atom stereocenters. The Hall–Kier alpha value is -1.79. The Labute approximate surface area is 135 Å². The van der Waals surface area contributed by atoms with Gasteiger partial charge in [-0.15, -0.1) is 10.2 Å². The number of nitrogens with zero attached hydrogens (tertiary/aromatic N) is 4. The molecule has 1 N–H and O–H groups in total. The van der Waals surface area contributed by atoms with Crippen LogP contribution in [0.5, 0.6) is 0 Å². The molecule has 4 rings (SSSR count). The molecule has 6 heteroatoms. The number of rotatable bonds is 4. The summed E-state index contributed by atoms with van der Waals surface area (Å²) in [6.07, 6.45) is 2.46. The predicted octanol–water partition coefficient (Wildman–Crippen LogP) is 1.98. The molecule has 122 valence electrons. The second-order valence-corrected chi connectivity index (χ2v) is 6.55. The first-order valence-electron chi connectivity index (χ1n) is 8.31. The first kappa shape index (κ1) is 14.8. The van der Waals surface area contributed by atoms with Crippen LogP contribution in [0.1, 0.15) is 42.0 Å². The molecule has 0 spiro atoms. The van der Waals surface area contributed by atoms with Gasteiger partial charge in [-0.05, 0) is 30.5 Å². The number of aromatic nitrogens is 3. The lowest BCUT2D eigenvalue weighted by Crippen LogP contribution is -2.45. The monoisotopic (exact) mass is 315 g/mol. The molecule has 2 fully saturated rings. The van der Waals surface area contributed by atoms with Crippen molar-refractivity contribution in [3.8, 4) is 0 Å². The third-order valence-corrected chi connectivity index (χ3v) is 4.87. The maximum Gasteiger partial charge on any atom is 0.146 e. The van der Waals surface area contributed by atoms with Crippen molar-refractivity contribution >= 4 is 0 Å². The summed E-state index contributed by atoms with van der Waals surface area (Å²) in [7, 11) is 2.06. The Morgan fingerprint density at radius 2 is 2.17 bits per heavy atom. The van der Waals surface area contributed by atoms with E-state index in [0.29, 0.717) is 5.92 Å². The number of hydrogen-bond donors (Lipinski definition) is 1. The molecule has 2 aromatic rings. The van der Waals surface area contributed by atoms with Crippen LogP contribution in [-0.4, -0.2) is 39.3 Å². The molecule has 1 aromatic carbocycles. The Morgan fingerprint density at radius 1 is 1.30 bits per heavy atom. The summed E-state index contributed by atoms with van der Waals surface area (Å²) >= 11 is 0. The van der Waals surface area contributed by atoms with E-state index in [4.69, 9.17) is 0 Å². The highest BCUT2D eigenvalue weighted by Gasteiger charge is 2.30. The van der Waals surface area contributed by atoms with Gasteiger partial charge < -0.3 is 9.88 Å². The van der Waals surface area contributed by atoms with Crippen LogP contribution in [-0.2, 0) is 13.6 Å². The van der Waals surface area contributed by atoms with Crippen molar-refractivity contribution < 1.29 is 4.39 Å². The molecule has 0 radical (unpaired) electrons. The van der Waals surface area contributed by atoms with Crippen LogP contribution in [0.2, 0.25) is 0 Å². The van der Waals surface area contributed by atoms with Crippen LogP contribution in [0.3, 0.4) is 0 Å². The largest absolute Gasteiger partial charge is 0.317 e. The Balaban J connectivity index is 1.56. The topological polar surface area (TPSA) is 46.0 Å². The van der Waals surface area contributed by atoms with E-state index < -0.39 is 0 Å². The van der Waals surface area contributed by atoms with E-state index in [1.165, 1.54) is 18.9 Å². The average Bonchev–Trinajstić information content (AvgIpc) is 3.33. The molecule has 1 aromatic heterocycles. The van der Waals surface area contributed by atoms with Crippen LogP contribution in [0.25, 0.3) is 0 Å². The minimum Gasteiger partial charge on any atom is -0.317 e. The molecule has 2 aliphatic rings. The predicted molar refractivity (Wildman–Crippen MR) is 85.4 cm³/mol. The highest BCUT2D eigenvalue weighted by molar-refractivity contribution is 5.21. The van der Waals surface area contributed by atoms with E-state index in [-0.39, 0.29) is 11.9 Å². The second kappa shape index (κ2) is 6.02. The van der Waals surface area contributed by atoms with Crippen molar-refractivity contribution in [1.82, 2.24) is 25.0 Å². The van der Waals surface area contributed by atoms with Crippen LogP contribution in [0, 0.1) is 5.82 Å². The second-order valence-electron chi connectivity index (χ2n) is 6.55. The van der Waals surface area contributed by atoms with E-state index in [1.54, 1.807) is 12.1 Å². The number of hydrogen-bond acceptors (Lipinski definition) is 4. The smallest absolute Gasteiger partial charge is 0.146 e. The summed E-state index contributed by atoms with van der Waals surface area (Å²) in [5, 5.41) is 12.2. The number of halogens is 1. The van der Waals surface area contributed by atoms with Crippen molar-refractivity contribution in [3.05, 3.63) is 47.3 Å². The fourth-order valence-corrected chi connectivity index (χ4v) is 3.37. The standard InChI is InChI=1S/C17H22FN5/c1-22-16(20-21-17(22)12-5-6-12)11-23-8-7-19-10-15(23)13-3-2-4-14(18)9-13/h2-4,9,12,15,19H,5-8,10-11H2,1H3. The van der Waals surface area contributed by atoms with Crippen molar-refractivity contribution in [2.45, 2.75) is 31.3 Å². The minimum atomic E-state index is -0.178. The van der Waals surface area contributed by atoms with E-state index in [0.717, 1.165) is 43.4 Å². The zero-order chi connectivity index (χ0) is 15.8. The van der Waals surface area contributed by atoms with Gasteiger partial charge in [-0.3, -0.25) is 4.90 Å². The average molecular weight is 315 g/mol. The van der Waals surface area contributed by atoms with E-state index in [1.807, 2.05) is 6.07 Å². The molecule has 23 heavy (non-hydrogen) atoms. The first-order valence-corrected chi connectivity index (χ1v) is 8.31. The molecule has 2 heterocycles. The fraction of sp³-hybridized carbons (Fsp3) is 0.529. The zero-order valence-electron chi connectivity index (χ0n) is 13.4. The van der Waals surface area contributed by atoms with Crippen LogP contribution >= 0.6 is 0 Å². The first-order chi connectivity index (χ1) is 11.2. The molecule has 1 aliphatic carbocycles. The van der Waals surface area contributed by atoms with Crippen LogP contribution < -0.4 is 5.32 Å². The van der Waals surface area contributed by atoms with E-state index >= 15 is 0 Å². The van der Waals surface area contributed by atoms with Crippen molar-refractivity contribution in [3.63, 3.8) is 0 Å². The van der Waals surface area contributed by atoms with Crippen molar-refractivity contribution in [2.24, 2.45) is 7.05 Å². The van der Waals surface area contributed by atoms with Gasteiger partial charge >= 0.3 is 0 Å². The zero-order valence-corrected chi connectivity index (χ0v) is 13.4. The van der Waals surface area contributed by atoms with Gasteiger partial charge in [0.2, 0.25) is 0 Å². The summed E-state index contributed by atoms with van der Waals surface area (Å²) in [6.45, 7) is 3.45. The molecule has 1 saturated heterocycles. The SMILES string of the molecule is Cn1c(CN2CCNCC2c2cccc(F)c2)nnc1C1CC1. The van der Waals surface area contributed by atoms with Gasteiger partial charge in [-0.1, -0.05) is 12.1 Å². The third-order valence-electron chi connectivity index (χ3n) is 4.87. The lowest BCUT2D eigenvalue weighted by atomic mass is 10.0. The summed E-state index contributed by atoms with van der Waals surface area (Å²) in [5.74, 6) is 2.53. The maximum absolute atomic E-state index is 13.6. The van der Waals surface area contributed by atoms with Gasteiger partial charge in [0.05, 0.1) is 6.54 Å². The molecule has 5 nitrogen and oxygen atoms in total. The Bertz CT molecular complexity index is 694. The molecule has 0 amide bonds. The summed E-state index contributed by atoms with van der Waals surface area (Å²) in [5.41, 5.74) is 1.02. The quantitative estimate of drug-likeness (QED) is 0.937. The van der Waals surface area contributed by atoms with Gasteiger partial charge in [0.15, 0.2) is 0 Å². The highest BCUT2D eigenvalue weighted by Crippen LogP contribution is 2.39. The molecular formula is C17H22FN5. The van der Waals surface area contributed by atoms with Crippen molar-refractivity contribution in [2.75, 3.05) is 19.6 Å². The Kier molecular flexibility index (Phi) is 3.87. The minimum absolute atomic E-state index is 0.167. The van der Waals surface area contributed by atoms with Crippen molar-refractivity contribution in [1.29, 1.82) is 0 Å². The number of benzene rings is 1. The lowest BCUT2D eigenvalue weighted by Gasteiger charge is -2.36. The Morgan fingerprint density at radius 3 is 2.96 bits per heavy atom. The highest BCUT2D eigenvalue weighted by atomic mass is 19.1. The molecule has 1 atom stereocenters. The molecule has 1 saturated carbocycles. The summed E-state index contributed by atoms with van der Waals surface area (Å²) < 4.78 is 15.7. The van der Waals surface area contributed by atoms with E-state index in [9.17, 15) is 4.39 Å². The van der Waals surface area contributed by atoms with Crippen LogP contribution in [0.15, 0.2) is 24.3 Å². The lowest BCUT2D eigenvalue weighted by molar-refractivity contribution is 0.148. The molecule has 1 aliphatic heterocycles. The van der Waals surface area contributed by atoms with Gasteiger partial charge in [-0.25, -0.2) is 4.39 Å². The molecule has 0 bridgehead atoms. The molecular weight excluding hydrogens is 293 g/mol. The van der Waals surface area contributed by atoms with E-state index in [2.05, 4.69) is 32.0 Å². The summed E-state index contributed by atoms with van der Waals surface area (Å²) in [6, 6.07) is 7.08.